The van der Waals surface area contributed by atoms with Gasteiger partial charge in [-0.1, -0.05) is 20.3 Å². The minimum Gasteiger partial charge on any atom is -0.396 e. The molecular formula is C26H41N3O2. The highest BCUT2D eigenvalue weighted by atomic mass is 16.5. The van der Waals surface area contributed by atoms with Crippen LogP contribution in [0.1, 0.15) is 71.6 Å². The molecule has 6 unspecified atom stereocenters. The van der Waals surface area contributed by atoms with Crippen LogP contribution in [-0.4, -0.2) is 29.3 Å². The maximum absolute atomic E-state index is 13.4. The number of rotatable bonds is 5. The molecule has 1 heterocycles. The number of aromatic nitrogens is 2. The number of fused-ring (bicyclic) bond motifs is 5. The molecule has 0 aromatic carbocycles. The lowest BCUT2D eigenvalue weighted by atomic mass is 9.44. The second-order valence-electron chi connectivity index (χ2n) is 11.8. The van der Waals surface area contributed by atoms with Gasteiger partial charge in [0, 0.05) is 19.2 Å². The third-order valence-electron chi connectivity index (χ3n) is 10.4. The summed E-state index contributed by atoms with van der Waals surface area (Å²) in [5, 5.41) is 4.26. The molecule has 0 spiro atoms. The highest BCUT2D eigenvalue weighted by Gasteiger charge is 2.62. The Balaban J connectivity index is 1.37. The third-order valence-corrected chi connectivity index (χ3v) is 10.4. The first-order valence-electron chi connectivity index (χ1n) is 12.7. The molecule has 1 aromatic heterocycles. The number of hydrogen-bond donors (Lipinski definition) is 1. The zero-order valence-corrected chi connectivity index (χ0v) is 19.7. The maximum atomic E-state index is 13.4. The van der Waals surface area contributed by atoms with Crippen LogP contribution in [0, 0.1) is 46.3 Å². The van der Waals surface area contributed by atoms with Gasteiger partial charge in [-0.05, 0) is 91.8 Å². The van der Waals surface area contributed by atoms with E-state index in [1.54, 1.807) is 17.1 Å². The van der Waals surface area contributed by atoms with E-state index in [0.717, 1.165) is 36.7 Å². The van der Waals surface area contributed by atoms with E-state index in [-0.39, 0.29) is 11.3 Å². The molecule has 31 heavy (non-hydrogen) atoms. The van der Waals surface area contributed by atoms with Crippen molar-refractivity contribution in [2.45, 2.75) is 78.2 Å². The van der Waals surface area contributed by atoms with Crippen LogP contribution in [0.5, 0.6) is 0 Å². The molecule has 0 bridgehead atoms. The first-order chi connectivity index (χ1) is 14.9. The van der Waals surface area contributed by atoms with E-state index in [0.29, 0.717) is 29.3 Å². The van der Waals surface area contributed by atoms with Gasteiger partial charge in [0.15, 0.2) is 5.78 Å². The standard InChI is InChI=1S/C26H41N3O2/c1-17-8-11-26(16-31-3)18(12-17)4-5-20-21-6-7-23(25(21,2)10-9-22(20)26)24(30)15-29-14-19(27)13-28-29/h13-14,17-18,20-23H,4-12,15-16,27H2,1-3H3/t17?,18?,20-,21?,22?,23+,25?,26?/m0/s1. The lowest BCUT2D eigenvalue weighted by Crippen LogP contribution is -2.56. The van der Waals surface area contributed by atoms with E-state index in [1.165, 1.54) is 51.4 Å². The SMILES string of the molecule is COCC12CCC(C)CC1CC[C@@H]1C2CCC2(C)C1CC[C@@H]2C(=O)Cn1cc(N)cn1. The Morgan fingerprint density at radius 1 is 1.19 bits per heavy atom. The zero-order valence-electron chi connectivity index (χ0n) is 19.7. The van der Waals surface area contributed by atoms with Crippen LogP contribution in [0.2, 0.25) is 0 Å². The molecule has 4 aliphatic carbocycles. The van der Waals surface area contributed by atoms with Gasteiger partial charge in [0.2, 0.25) is 0 Å². The van der Waals surface area contributed by atoms with E-state index in [4.69, 9.17) is 10.5 Å². The number of carbonyl (C=O) groups is 1. The molecule has 4 saturated carbocycles. The van der Waals surface area contributed by atoms with Gasteiger partial charge < -0.3 is 10.5 Å². The monoisotopic (exact) mass is 427 g/mol. The lowest BCUT2D eigenvalue weighted by Gasteiger charge is -2.61. The first-order valence-corrected chi connectivity index (χ1v) is 12.7. The largest absolute Gasteiger partial charge is 0.396 e. The van der Waals surface area contributed by atoms with Crippen molar-refractivity contribution < 1.29 is 9.53 Å². The highest BCUT2D eigenvalue weighted by molar-refractivity contribution is 5.82. The summed E-state index contributed by atoms with van der Waals surface area (Å²) in [5.74, 6) is 4.49. The number of carbonyl (C=O) groups excluding carboxylic acids is 1. The van der Waals surface area contributed by atoms with Crippen LogP contribution in [-0.2, 0) is 16.1 Å². The summed E-state index contributed by atoms with van der Waals surface area (Å²) in [6.07, 6.45) is 15.0. The molecule has 8 atom stereocenters. The van der Waals surface area contributed by atoms with Crippen molar-refractivity contribution in [1.29, 1.82) is 0 Å². The van der Waals surface area contributed by atoms with Gasteiger partial charge in [-0.25, -0.2) is 0 Å². The number of Topliss-reactive ketones (excluding diaryl/α,β-unsaturated/α-hetero) is 1. The number of nitrogen functional groups attached to an aromatic ring is 1. The molecule has 0 radical (unpaired) electrons. The Hall–Kier alpha value is -1.36. The number of ketones is 1. The van der Waals surface area contributed by atoms with Crippen molar-refractivity contribution in [3.63, 3.8) is 0 Å². The van der Waals surface area contributed by atoms with Gasteiger partial charge in [-0.2, -0.15) is 5.10 Å². The van der Waals surface area contributed by atoms with Crippen molar-refractivity contribution in [3.8, 4) is 0 Å². The number of nitrogens with zero attached hydrogens (tertiary/aromatic N) is 2. The van der Waals surface area contributed by atoms with Gasteiger partial charge in [-0.3, -0.25) is 9.48 Å². The predicted octanol–water partition coefficient (Wildman–Crippen LogP) is 4.96. The summed E-state index contributed by atoms with van der Waals surface area (Å²) in [7, 11) is 1.91. The maximum Gasteiger partial charge on any atom is 0.157 e. The predicted molar refractivity (Wildman–Crippen MR) is 122 cm³/mol. The summed E-state index contributed by atoms with van der Waals surface area (Å²) in [6, 6.07) is 0. The molecule has 5 nitrogen and oxygen atoms in total. The molecule has 5 rings (SSSR count). The topological polar surface area (TPSA) is 70.1 Å². The summed E-state index contributed by atoms with van der Waals surface area (Å²) < 4.78 is 7.64. The lowest BCUT2D eigenvalue weighted by molar-refractivity contribution is -0.154. The van der Waals surface area contributed by atoms with Crippen LogP contribution in [0.15, 0.2) is 12.4 Å². The Bertz CT molecular complexity index is 821. The van der Waals surface area contributed by atoms with Crippen LogP contribution < -0.4 is 5.73 Å². The summed E-state index contributed by atoms with van der Waals surface area (Å²) in [5.41, 5.74) is 6.98. The second kappa shape index (κ2) is 7.90. The molecule has 2 N–H and O–H groups in total. The van der Waals surface area contributed by atoms with E-state index in [1.807, 2.05) is 7.11 Å². The molecule has 4 fully saturated rings. The highest BCUT2D eigenvalue weighted by Crippen LogP contribution is 2.68. The Kier molecular flexibility index (Phi) is 5.47. The Morgan fingerprint density at radius 2 is 2.03 bits per heavy atom. The molecule has 5 heteroatoms. The fourth-order valence-electron chi connectivity index (χ4n) is 9.08. The summed E-state index contributed by atoms with van der Waals surface area (Å²) in [6.45, 7) is 6.20. The van der Waals surface area contributed by atoms with Gasteiger partial charge in [-0.15, -0.1) is 0 Å². The van der Waals surface area contributed by atoms with E-state index in [9.17, 15) is 4.79 Å². The minimum atomic E-state index is 0.153. The molecule has 1 aromatic rings. The van der Waals surface area contributed by atoms with Gasteiger partial charge in [0.25, 0.3) is 0 Å². The van der Waals surface area contributed by atoms with Crippen LogP contribution in [0.25, 0.3) is 0 Å². The fraction of sp³-hybridized carbons (Fsp3) is 0.846. The van der Waals surface area contributed by atoms with Gasteiger partial charge in [0.1, 0.15) is 0 Å². The molecule has 172 valence electrons. The van der Waals surface area contributed by atoms with Gasteiger partial charge >= 0.3 is 0 Å². The molecule has 0 saturated heterocycles. The first kappa shape index (κ1) is 21.5. The normalized spacial score (nSPS) is 44.4. The summed E-state index contributed by atoms with van der Waals surface area (Å²) in [4.78, 5) is 13.4. The van der Waals surface area contributed by atoms with Crippen molar-refractivity contribution in [1.82, 2.24) is 9.78 Å². The number of hydrogen-bond acceptors (Lipinski definition) is 4. The number of ether oxygens (including phenoxy) is 1. The molecule has 0 amide bonds. The molecule has 4 aliphatic rings. The number of anilines is 1. The molecule has 0 aliphatic heterocycles. The zero-order chi connectivity index (χ0) is 21.8. The van der Waals surface area contributed by atoms with Crippen molar-refractivity contribution in [2.24, 2.45) is 46.3 Å². The van der Waals surface area contributed by atoms with Gasteiger partial charge in [0.05, 0.1) is 25.0 Å². The molecular weight excluding hydrogens is 386 g/mol. The third kappa shape index (κ3) is 3.37. The summed E-state index contributed by atoms with van der Waals surface area (Å²) >= 11 is 0. The fourth-order valence-corrected chi connectivity index (χ4v) is 9.08. The van der Waals surface area contributed by atoms with Crippen molar-refractivity contribution >= 4 is 11.5 Å². The number of methoxy groups -OCH3 is 1. The van der Waals surface area contributed by atoms with E-state index in [2.05, 4.69) is 18.9 Å². The van der Waals surface area contributed by atoms with E-state index >= 15 is 0 Å². The smallest absolute Gasteiger partial charge is 0.157 e. The Morgan fingerprint density at radius 3 is 2.77 bits per heavy atom. The average Bonchev–Trinajstić information content (AvgIpc) is 3.30. The number of nitrogens with two attached hydrogens (primary N) is 1. The van der Waals surface area contributed by atoms with Crippen LogP contribution in [0.4, 0.5) is 5.69 Å². The average molecular weight is 428 g/mol. The van der Waals surface area contributed by atoms with Crippen molar-refractivity contribution in [2.75, 3.05) is 19.5 Å². The van der Waals surface area contributed by atoms with Crippen LogP contribution >= 0.6 is 0 Å². The van der Waals surface area contributed by atoms with Crippen LogP contribution in [0.3, 0.4) is 0 Å². The van der Waals surface area contributed by atoms with Crippen molar-refractivity contribution in [3.05, 3.63) is 12.4 Å². The Labute approximate surface area is 187 Å². The van der Waals surface area contributed by atoms with E-state index < -0.39 is 0 Å². The quantitative estimate of drug-likeness (QED) is 0.721. The minimum absolute atomic E-state index is 0.153. The second-order valence-corrected chi connectivity index (χ2v) is 11.8.